The number of rotatable bonds is 8. The Morgan fingerprint density at radius 2 is 1.72 bits per heavy atom. The number of hydrogen-bond donors (Lipinski definition) is 1. The zero-order valence-electron chi connectivity index (χ0n) is 21.4. The van der Waals surface area contributed by atoms with Crippen molar-refractivity contribution in [1.82, 2.24) is 9.55 Å². The third-order valence-electron chi connectivity index (χ3n) is 6.02. The molecule has 0 aliphatic rings. The molecule has 0 spiro atoms. The van der Waals surface area contributed by atoms with E-state index in [0.717, 1.165) is 52.8 Å². The lowest BCUT2D eigenvalue weighted by Gasteiger charge is -2.20. The molecule has 4 rings (SSSR count). The van der Waals surface area contributed by atoms with Crippen LogP contribution in [0.3, 0.4) is 0 Å². The molecule has 186 valence electrons. The SMILES string of the molecule is CCCCc1nc2cc(C(N)=O)ccc2n1Cc1ccc(-c2ccccc2C(=O)OC(C)(C)C)cc1. The summed E-state index contributed by atoms with van der Waals surface area (Å²) in [6.45, 7) is 8.41. The molecule has 0 unspecified atom stereocenters. The van der Waals surface area contributed by atoms with Gasteiger partial charge in [0, 0.05) is 18.5 Å². The van der Waals surface area contributed by atoms with E-state index >= 15 is 0 Å². The lowest BCUT2D eigenvalue weighted by molar-refractivity contribution is 0.00703. The quantitative estimate of drug-likeness (QED) is 0.305. The first kappa shape index (κ1) is 25.2. The predicted octanol–water partition coefficient (Wildman–Crippen LogP) is 6.15. The Labute approximate surface area is 212 Å². The monoisotopic (exact) mass is 483 g/mol. The number of fused-ring (bicyclic) bond motifs is 1. The minimum absolute atomic E-state index is 0.331. The maximum absolute atomic E-state index is 12.8. The van der Waals surface area contributed by atoms with Gasteiger partial charge >= 0.3 is 5.97 Å². The van der Waals surface area contributed by atoms with Crippen LogP contribution in [-0.4, -0.2) is 27.0 Å². The second-order valence-corrected chi connectivity index (χ2v) is 10.0. The Hall–Kier alpha value is -3.93. The van der Waals surface area contributed by atoms with Crippen molar-refractivity contribution in [2.75, 3.05) is 0 Å². The molecule has 1 heterocycles. The van der Waals surface area contributed by atoms with Gasteiger partial charge in [-0.05, 0) is 68.1 Å². The van der Waals surface area contributed by atoms with Crippen molar-refractivity contribution in [1.29, 1.82) is 0 Å². The van der Waals surface area contributed by atoms with Crippen LogP contribution in [0.4, 0.5) is 0 Å². The molecule has 0 atom stereocenters. The summed E-state index contributed by atoms with van der Waals surface area (Å²) in [6, 6.07) is 21.2. The summed E-state index contributed by atoms with van der Waals surface area (Å²) in [5.74, 6) is 0.208. The van der Waals surface area contributed by atoms with Crippen LogP contribution in [0.15, 0.2) is 66.7 Å². The Balaban J connectivity index is 1.64. The first-order valence-electron chi connectivity index (χ1n) is 12.4. The number of unbranched alkanes of at least 4 members (excludes halogenated alkanes) is 1. The van der Waals surface area contributed by atoms with E-state index in [-0.39, 0.29) is 5.97 Å². The van der Waals surface area contributed by atoms with Crippen LogP contribution in [0.2, 0.25) is 0 Å². The summed E-state index contributed by atoms with van der Waals surface area (Å²) >= 11 is 0. The van der Waals surface area contributed by atoms with Gasteiger partial charge in [-0.15, -0.1) is 0 Å². The van der Waals surface area contributed by atoms with Gasteiger partial charge in [0.15, 0.2) is 0 Å². The van der Waals surface area contributed by atoms with Gasteiger partial charge in [-0.2, -0.15) is 0 Å². The van der Waals surface area contributed by atoms with E-state index in [4.69, 9.17) is 15.5 Å². The normalized spacial score (nSPS) is 11.6. The highest BCUT2D eigenvalue weighted by Gasteiger charge is 2.21. The van der Waals surface area contributed by atoms with Crippen molar-refractivity contribution < 1.29 is 14.3 Å². The summed E-state index contributed by atoms with van der Waals surface area (Å²) in [4.78, 5) is 29.2. The third-order valence-corrected chi connectivity index (χ3v) is 6.02. The zero-order valence-corrected chi connectivity index (χ0v) is 21.4. The number of carbonyl (C=O) groups excluding carboxylic acids is 2. The smallest absolute Gasteiger partial charge is 0.339 e. The van der Waals surface area contributed by atoms with Crippen molar-refractivity contribution in [3.05, 3.63) is 89.2 Å². The average molecular weight is 484 g/mol. The number of aryl methyl sites for hydroxylation is 1. The number of ether oxygens (including phenoxy) is 1. The van der Waals surface area contributed by atoms with Crippen molar-refractivity contribution in [2.45, 2.75) is 59.1 Å². The molecule has 0 aliphatic heterocycles. The molecule has 0 fully saturated rings. The van der Waals surface area contributed by atoms with Gasteiger partial charge in [0.25, 0.3) is 0 Å². The van der Waals surface area contributed by atoms with Crippen LogP contribution in [0.25, 0.3) is 22.2 Å². The van der Waals surface area contributed by atoms with E-state index in [1.165, 1.54) is 0 Å². The lowest BCUT2D eigenvalue weighted by atomic mass is 9.98. The first-order valence-corrected chi connectivity index (χ1v) is 12.4. The van der Waals surface area contributed by atoms with Crippen LogP contribution in [0.1, 0.15) is 72.6 Å². The van der Waals surface area contributed by atoms with Crippen LogP contribution in [0.5, 0.6) is 0 Å². The van der Waals surface area contributed by atoms with E-state index in [1.807, 2.05) is 57.2 Å². The number of nitrogens with two attached hydrogens (primary N) is 1. The molecule has 0 saturated heterocycles. The number of nitrogens with zero attached hydrogens (tertiary/aromatic N) is 2. The molecule has 6 heteroatoms. The second-order valence-electron chi connectivity index (χ2n) is 10.0. The molecule has 1 amide bonds. The summed E-state index contributed by atoms with van der Waals surface area (Å²) < 4.78 is 7.82. The Kier molecular flexibility index (Phi) is 7.25. The van der Waals surface area contributed by atoms with E-state index in [2.05, 4.69) is 23.6 Å². The maximum atomic E-state index is 12.8. The molecule has 36 heavy (non-hydrogen) atoms. The Bertz CT molecular complexity index is 1400. The van der Waals surface area contributed by atoms with Gasteiger partial charge in [-0.3, -0.25) is 4.79 Å². The summed E-state index contributed by atoms with van der Waals surface area (Å²) in [5.41, 5.74) is 10.6. The molecule has 0 saturated carbocycles. The molecule has 2 N–H and O–H groups in total. The highest BCUT2D eigenvalue weighted by Crippen LogP contribution is 2.27. The molecule has 4 aromatic rings. The van der Waals surface area contributed by atoms with Gasteiger partial charge in [0.05, 0.1) is 16.6 Å². The number of imidazole rings is 1. The number of esters is 1. The molecule has 1 aromatic heterocycles. The molecule has 0 aliphatic carbocycles. The van der Waals surface area contributed by atoms with E-state index in [9.17, 15) is 9.59 Å². The molecular formula is C30H33N3O3. The largest absolute Gasteiger partial charge is 0.456 e. The molecule has 6 nitrogen and oxygen atoms in total. The number of hydrogen-bond acceptors (Lipinski definition) is 4. The highest BCUT2D eigenvalue weighted by atomic mass is 16.6. The zero-order chi connectivity index (χ0) is 25.9. The topological polar surface area (TPSA) is 87.2 Å². The van der Waals surface area contributed by atoms with Crippen molar-refractivity contribution in [3.63, 3.8) is 0 Å². The van der Waals surface area contributed by atoms with Crippen LogP contribution in [-0.2, 0) is 17.7 Å². The third kappa shape index (κ3) is 5.65. The van der Waals surface area contributed by atoms with Crippen LogP contribution < -0.4 is 5.73 Å². The fourth-order valence-corrected chi connectivity index (χ4v) is 4.25. The first-order chi connectivity index (χ1) is 17.2. The summed E-state index contributed by atoms with van der Waals surface area (Å²) in [7, 11) is 0. The Morgan fingerprint density at radius 1 is 1.00 bits per heavy atom. The second kappa shape index (κ2) is 10.4. The fourth-order valence-electron chi connectivity index (χ4n) is 4.25. The van der Waals surface area contributed by atoms with Crippen LogP contribution in [0, 0.1) is 0 Å². The predicted molar refractivity (Wildman–Crippen MR) is 143 cm³/mol. The Morgan fingerprint density at radius 3 is 2.39 bits per heavy atom. The summed E-state index contributed by atoms with van der Waals surface area (Å²) in [5, 5.41) is 0. The van der Waals surface area contributed by atoms with Gasteiger partial charge < -0.3 is 15.0 Å². The molecule has 3 aromatic carbocycles. The molecular weight excluding hydrogens is 450 g/mol. The van der Waals surface area contributed by atoms with Crippen LogP contribution >= 0.6 is 0 Å². The molecule has 0 bridgehead atoms. The van der Waals surface area contributed by atoms with Gasteiger partial charge in [-0.1, -0.05) is 55.8 Å². The maximum Gasteiger partial charge on any atom is 0.339 e. The average Bonchev–Trinajstić information content (AvgIpc) is 3.18. The minimum Gasteiger partial charge on any atom is -0.456 e. The molecule has 0 radical (unpaired) electrons. The number of benzene rings is 3. The van der Waals surface area contributed by atoms with E-state index in [1.54, 1.807) is 18.2 Å². The lowest BCUT2D eigenvalue weighted by Crippen LogP contribution is -2.24. The van der Waals surface area contributed by atoms with Gasteiger partial charge in [0.2, 0.25) is 5.91 Å². The number of carbonyl (C=O) groups is 2. The van der Waals surface area contributed by atoms with Gasteiger partial charge in [-0.25, -0.2) is 9.78 Å². The van der Waals surface area contributed by atoms with Gasteiger partial charge in [0.1, 0.15) is 11.4 Å². The van der Waals surface area contributed by atoms with E-state index < -0.39 is 11.5 Å². The summed E-state index contributed by atoms with van der Waals surface area (Å²) in [6.07, 6.45) is 2.96. The number of amides is 1. The highest BCUT2D eigenvalue weighted by molar-refractivity contribution is 5.97. The van der Waals surface area contributed by atoms with E-state index in [0.29, 0.717) is 17.7 Å². The fraction of sp³-hybridized carbons (Fsp3) is 0.300. The standard InChI is InChI=1S/C30H33N3O3/c1-5-6-11-27-32-25-18-22(28(31)34)16-17-26(25)33(27)19-20-12-14-21(15-13-20)23-9-7-8-10-24(23)29(35)36-30(2,3)4/h7-10,12-18H,5-6,11,19H2,1-4H3,(H2,31,34). The van der Waals surface area contributed by atoms with Crippen molar-refractivity contribution in [3.8, 4) is 11.1 Å². The van der Waals surface area contributed by atoms with Crippen molar-refractivity contribution >= 4 is 22.9 Å². The minimum atomic E-state index is -0.560. The number of primary amides is 1. The number of aromatic nitrogens is 2. The van der Waals surface area contributed by atoms with Crippen molar-refractivity contribution in [2.24, 2.45) is 5.73 Å².